The molecule has 3 N–H and O–H groups in total. The molecule has 0 aliphatic carbocycles. The van der Waals surface area contributed by atoms with Gasteiger partial charge >= 0.3 is 0 Å². The molecule has 3 aromatic rings. The van der Waals surface area contributed by atoms with E-state index in [4.69, 9.17) is 15.5 Å². The summed E-state index contributed by atoms with van der Waals surface area (Å²) in [7, 11) is 1.65. The quantitative estimate of drug-likeness (QED) is 0.187. The van der Waals surface area contributed by atoms with Gasteiger partial charge in [0.15, 0.2) is 5.82 Å². The number of ether oxygens (including phenoxy) is 1. The van der Waals surface area contributed by atoms with Crippen LogP contribution in [0.1, 0.15) is 48.0 Å². The van der Waals surface area contributed by atoms with Gasteiger partial charge in [0, 0.05) is 30.6 Å². The molecule has 0 fully saturated rings. The number of unbranched alkanes of at least 4 members (excludes halogenated alkanes) is 1. The third-order valence-electron chi connectivity index (χ3n) is 4.74. The molecule has 0 saturated carbocycles. The molecule has 0 aliphatic rings. The summed E-state index contributed by atoms with van der Waals surface area (Å²) < 4.78 is 5.59. The zero-order valence-electron chi connectivity index (χ0n) is 18.5. The van der Waals surface area contributed by atoms with Gasteiger partial charge in [0.2, 0.25) is 5.95 Å². The molecule has 0 aliphatic heterocycles. The molecule has 2 heterocycles. The average Bonchev–Trinajstić information content (AvgIpc) is 3.22. The van der Waals surface area contributed by atoms with Crippen LogP contribution in [0.2, 0.25) is 0 Å². The van der Waals surface area contributed by atoms with Crippen molar-refractivity contribution >= 4 is 11.8 Å². The average molecular weight is 441 g/mol. The predicted octanol–water partition coefficient (Wildman–Crippen LogP) is 2.26. The first-order chi connectivity index (χ1) is 15.5. The van der Waals surface area contributed by atoms with Crippen LogP contribution in [0.3, 0.4) is 0 Å². The molecule has 0 saturated heterocycles. The maximum atomic E-state index is 5.89. The number of nitrogens with two attached hydrogens (primary N) is 1. The monoisotopic (exact) mass is 440 g/mol. The van der Waals surface area contributed by atoms with Crippen LogP contribution < -0.4 is 20.8 Å². The SMILES string of the molecule is C=COOn1nnc(Cc2ccc(OC)c(Cc3c(C)nc(N)nc3NCCCC)c2)n1. The summed E-state index contributed by atoms with van der Waals surface area (Å²) in [5.74, 6) is 2.24. The lowest BCUT2D eigenvalue weighted by Gasteiger charge is -2.16. The van der Waals surface area contributed by atoms with Gasteiger partial charge in [-0.25, -0.2) is 4.98 Å². The molecule has 2 aromatic heterocycles. The molecule has 0 radical (unpaired) electrons. The van der Waals surface area contributed by atoms with Crippen LogP contribution in [-0.4, -0.2) is 44.0 Å². The minimum atomic E-state index is 0.253. The van der Waals surface area contributed by atoms with Gasteiger partial charge in [-0.2, -0.15) is 4.98 Å². The van der Waals surface area contributed by atoms with Crippen molar-refractivity contribution in [2.45, 2.75) is 39.5 Å². The van der Waals surface area contributed by atoms with E-state index >= 15 is 0 Å². The van der Waals surface area contributed by atoms with Crippen LogP contribution in [0, 0.1) is 6.92 Å². The Morgan fingerprint density at radius 2 is 2.09 bits per heavy atom. The topological polar surface area (TPSA) is 135 Å². The number of aromatic nitrogens is 6. The van der Waals surface area contributed by atoms with E-state index in [2.05, 4.69) is 49.1 Å². The van der Waals surface area contributed by atoms with Crippen molar-refractivity contribution in [3.8, 4) is 5.75 Å². The maximum absolute atomic E-state index is 5.89. The molecular weight excluding hydrogens is 412 g/mol. The molecule has 0 amide bonds. The first-order valence-corrected chi connectivity index (χ1v) is 10.3. The second kappa shape index (κ2) is 10.9. The third kappa shape index (κ3) is 5.84. The summed E-state index contributed by atoms with van der Waals surface area (Å²) in [6.07, 6.45) is 4.27. The Kier molecular flexibility index (Phi) is 7.79. The Labute approximate surface area is 186 Å². The number of anilines is 2. The minimum absolute atomic E-state index is 0.253. The highest BCUT2D eigenvalue weighted by Crippen LogP contribution is 2.28. The predicted molar refractivity (Wildman–Crippen MR) is 119 cm³/mol. The molecular formula is C21H28N8O3. The summed E-state index contributed by atoms with van der Waals surface area (Å²) in [5, 5.41) is 15.2. The lowest BCUT2D eigenvalue weighted by Crippen LogP contribution is -2.13. The van der Waals surface area contributed by atoms with Crippen molar-refractivity contribution in [3.05, 3.63) is 59.2 Å². The fourth-order valence-corrected chi connectivity index (χ4v) is 3.21. The highest BCUT2D eigenvalue weighted by atomic mass is 17.3. The number of tetrazole rings is 1. The maximum Gasteiger partial charge on any atom is 0.222 e. The molecule has 1 aromatic carbocycles. The lowest BCUT2D eigenvalue weighted by atomic mass is 9.99. The molecule has 0 unspecified atom stereocenters. The van der Waals surface area contributed by atoms with E-state index in [-0.39, 0.29) is 5.95 Å². The van der Waals surface area contributed by atoms with Crippen molar-refractivity contribution in [1.82, 2.24) is 30.3 Å². The van der Waals surface area contributed by atoms with E-state index in [1.54, 1.807) is 7.11 Å². The zero-order chi connectivity index (χ0) is 22.9. The number of hydrogen-bond acceptors (Lipinski definition) is 10. The molecule has 0 spiro atoms. The fourth-order valence-electron chi connectivity index (χ4n) is 3.21. The number of nitrogen functional groups attached to an aromatic ring is 1. The van der Waals surface area contributed by atoms with E-state index in [0.717, 1.165) is 64.6 Å². The summed E-state index contributed by atoms with van der Waals surface area (Å²) in [4.78, 5) is 19.0. The van der Waals surface area contributed by atoms with Gasteiger partial charge in [-0.1, -0.05) is 37.2 Å². The first-order valence-electron chi connectivity index (χ1n) is 10.3. The van der Waals surface area contributed by atoms with E-state index in [1.165, 1.54) is 0 Å². The second-order valence-corrected chi connectivity index (χ2v) is 7.07. The Morgan fingerprint density at radius 3 is 2.84 bits per heavy atom. The number of benzene rings is 1. The normalized spacial score (nSPS) is 10.6. The molecule has 170 valence electrons. The van der Waals surface area contributed by atoms with Crippen LogP contribution in [0.4, 0.5) is 11.8 Å². The van der Waals surface area contributed by atoms with Gasteiger partial charge in [-0.15, -0.1) is 10.1 Å². The van der Waals surface area contributed by atoms with Crippen molar-refractivity contribution in [2.24, 2.45) is 0 Å². The van der Waals surface area contributed by atoms with Crippen molar-refractivity contribution in [3.63, 3.8) is 0 Å². The lowest BCUT2D eigenvalue weighted by molar-refractivity contribution is -0.270. The molecule has 32 heavy (non-hydrogen) atoms. The Hall–Kier alpha value is -3.89. The second-order valence-electron chi connectivity index (χ2n) is 7.07. The van der Waals surface area contributed by atoms with Gasteiger partial charge in [-0.05, 0) is 35.8 Å². The molecule has 3 rings (SSSR count). The Balaban J connectivity index is 1.85. The van der Waals surface area contributed by atoms with Crippen LogP contribution in [0.5, 0.6) is 5.75 Å². The number of aryl methyl sites for hydroxylation is 1. The van der Waals surface area contributed by atoms with E-state index < -0.39 is 0 Å². The Bertz CT molecular complexity index is 1050. The van der Waals surface area contributed by atoms with Gasteiger partial charge in [0.05, 0.1) is 12.1 Å². The van der Waals surface area contributed by atoms with Crippen LogP contribution in [0.15, 0.2) is 31.0 Å². The number of rotatable bonds is 12. The summed E-state index contributed by atoms with van der Waals surface area (Å²) in [6.45, 7) is 8.27. The highest BCUT2D eigenvalue weighted by Gasteiger charge is 2.15. The fraction of sp³-hybridized carbons (Fsp3) is 0.381. The number of nitrogens with one attached hydrogen (secondary N) is 1. The van der Waals surface area contributed by atoms with Crippen molar-refractivity contribution < 1.29 is 14.6 Å². The van der Waals surface area contributed by atoms with E-state index in [1.807, 2.05) is 25.1 Å². The van der Waals surface area contributed by atoms with Crippen molar-refractivity contribution in [1.29, 1.82) is 0 Å². The molecule has 0 atom stereocenters. The molecule has 11 nitrogen and oxygen atoms in total. The highest BCUT2D eigenvalue weighted by molar-refractivity contribution is 5.53. The largest absolute Gasteiger partial charge is 0.496 e. The third-order valence-corrected chi connectivity index (χ3v) is 4.74. The van der Waals surface area contributed by atoms with Crippen LogP contribution in [-0.2, 0) is 17.7 Å². The van der Waals surface area contributed by atoms with Gasteiger partial charge in [0.25, 0.3) is 0 Å². The summed E-state index contributed by atoms with van der Waals surface area (Å²) in [5.41, 5.74) is 9.67. The van der Waals surface area contributed by atoms with Crippen LogP contribution >= 0.6 is 0 Å². The summed E-state index contributed by atoms with van der Waals surface area (Å²) >= 11 is 0. The zero-order valence-corrected chi connectivity index (χ0v) is 18.5. The van der Waals surface area contributed by atoms with Crippen molar-refractivity contribution in [2.75, 3.05) is 24.7 Å². The van der Waals surface area contributed by atoms with E-state index in [9.17, 15) is 0 Å². The minimum Gasteiger partial charge on any atom is -0.496 e. The molecule has 0 bridgehead atoms. The summed E-state index contributed by atoms with van der Waals surface area (Å²) in [6, 6.07) is 5.92. The smallest absolute Gasteiger partial charge is 0.222 e. The van der Waals surface area contributed by atoms with E-state index in [0.29, 0.717) is 18.7 Å². The first kappa shape index (κ1) is 22.8. The van der Waals surface area contributed by atoms with Gasteiger partial charge in [0.1, 0.15) is 17.8 Å². The number of nitrogens with zero attached hydrogens (tertiary/aromatic N) is 6. The number of hydrogen-bond donors (Lipinski definition) is 2. The van der Waals surface area contributed by atoms with Crippen LogP contribution in [0.25, 0.3) is 0 Å². The standard InChI is InChI=1S/C21H28N8O3/c1-5-7-10-23-20-17(14(3)24-21(22)25-20)13-16-11-15(8-9-18(16)30-4)12-19-26-28-29(27-19)32-31-6-2/h6,8-9,11H,2,5,7,10,12-13H2,1,3-4H3,(H3,22,23,24,25). The van der Waals surface area contributed by atoms with Gasteiger partial charge in [-0.3, -0.25) is 4.89 Å². The number of methoxy groups -OCH3 is 1. The Morgan fingerprint density at radius 1 is 1.25 bits per heavy atom. The molecule has 11 heteroatoms. The van der Waals surface area contributed by atoms with Gasteiger partial charge < -0.3 is 15.8 Å².